The zero-order valence-corrected chi connectivity index (χ0v) is 39.0. The van der Waals surface area contributed by atoms with Crippen molar-refractivity contribution in [2.45, 2.75) is 116 Å². The third-order valence-corrected chi connectivity index (χ3v) is 12.7. The minimum Gasteiger partial charge on any atom is -0.463 e. The molecule has 1 atom stereocenters. The van der Waals surface area contributed by atoms with Gasteiger partial charge in [-0.3, -0.25) is 0 Å². The van der Waals surface area contributed by atoms with E-state index in [0.717, 1.165) is 83.9 Å². The number of aryl methyl sites for hydroxylation is 2. The summed E-state index contributed by atoms with van der Waals surface area (Å²) in [6.45, 7) is 5.98. The monoisotopic (exact) mass is 898 g/mol. The van der Waals surface area contributed by atoms with E-state index in [-0.39, 0.29) is 12.0 Å². The summed E-state index contributed by atoms with van der Waals surface area (Å²) >= 11 is 0. The summed E-state index contributed by atoms with van der Waals surface area (Å²) in [6, 6.07) is 28.6. The van der Waals surface area contributed by atoms with Crippen LogP contribution in [0.1, 0.15) is 151 Å². The Morgan fingerprint density at radius 1 is 0.552 bits per heavy atom. The molecule has 0 radical (unpaired) electrons. The smallest absolute Gasteiger partial charge is 0.343 e. The van der Waals surface area contributed by atoms with E-state index in [0.29, 0.717) is 42.3 Å². The minimum atomic E-state index is -0.398. The standard InChI is InChI=1S/C57H62N4O6/c1-3-5-7-9-11-35-63-55-58-37-45(38-59-55)25-21-42-19-23-44(24-20-42)41-65-67-51-18-14-16-48-32-34-57(53(48)51)33-31-47-15-13-17-50(52(47)57)66-54(62)49-29-27-43(28-30-49)22-26-46-39-60-56(61-40-46)64-36-12-10-8-6-4-2/h13-30,37-40H,3-12,31-36,41H2,1-2H3. The van der Waals surface area contributed by atoms with Crippen LogP contribution in [0, 0.1) is 0 Å². The van der Waals surface area contributed by atoms with E-state index in [9.17, 15) is 4.79 Å². The summed E-state index contributed by atoms with van der Waals surface area (Å²) in [4.78, 5) is 43.3. The number of nitrogens with zero attached hydrogens (tertiary/aromatic N) is 4. The molecule has 346 valence electrons. The van der Waals surface area contributed by atoms with Crippen molar-refractivity contribution >= 4 is 30.3 Å². The molecular weight excluding hydrogens is 837 g/mol. The number of rotatable bonds is 24. The van der Waals surface area contributed by atoms with Gasteiger partial charge in [0.15, 0.2) is 5.75 Å². The molecule has 10 heteroatoms. The predicted molar refractivity (Wildman–Crippen MR) is 264 cm³/mol. The minimum absolute atomic E-state index is 0.277. The van der Waals surface area contributed by atoms with Gasteiger partial charge in [-0.05, 0) is 90.6 Å². The fourth-order valence-corrected chi connectivity index (χ4v) is 9.13. The van der Waals surface area contributed by atoms with Crippen LogP contribution < -0.4 is 19.1 Å². The molecule has 1 spiro atoms. The highest BCUT2D eigenvalue weighted by Gasteiger charge is 2.49. The number of benzene rings is 4. The highest BCUT2D eigenvalue weighted by Crippen LogP contribution is 2.57. The van der Waals surface area contributed by atoms with E-state index in [2.05, 4.69) is 58.0 Å². The topological polar surface area (TPSA) is 115 Å². The average molecular weight is 899 g/mol. The molecule has 2 aliphatic carbocycles. The molecule has 6 aromatic rings. The second-order valence-electron chi connectivity index (χ2n) is 17.6. The molecule has 4 aromatic carbocycles. The number of aromatic nitrogens is 4. The van der Waals surface area contributed by atoms with Gasteiger partial charge in [0.2, 0.25) is 0 Å². The van der Waals surface area contributed by atoms with E-state index in [1.54, 1.807) is 36.9 Å². The molecule has 0 bridgehead atoms. The van der Waals surface area contributed by atoms with Gasteiger partial charge in [-0.1, -0.05) is 150 Å². The summed E-state index contributed by atoms with van der Waals surface area (Å²) < 4.78 is 17.7. The first-order valence-corrected chi connectivity index (χ1v) is 24.2. The Kier molecular flexibility index (Phi) is 16.6. The van der Waals surface area contributed by atoms with Gasteiger partial charge >= 0.3 is 18.0 Å². The number of hydrogen-bond acceptors (Lipinski definition) is 10. The first-order chi connectivity index (χ1) is 33.0. The SMILES string of the molecule is CCCCCCCOc1ncc(C=Cc2ccc(COOc3cccc4c3C3(CC4)CCc4cccc(OC(=O)c5ccc(C=Cc6cnc(OCCCCCCC)nc6)cc5)c43)cc2)cn1. The molecule has 0 fully saturated rings. The highest BCUT2D eigenvalue weighted by atomic mass is 17.2. The van der Waals surface area contributed by atoms with E-state index in [1.165, 1.54) is 56.1 Å². The van der Waals surface area contributed by atoms with Gasteiger partial charge in [0.05, 0.1) is 18.8 Å². The maximum Gasteiger partial charge on any atom is 0.343 e. The quantitative estimate of drug-likeness (QED) is 0.0191. The molecule has 0 saturated heterocycles. The van der Waals surface area contributed by atoms with Crippen molar-refractivity contribution in [2.24, 2.45) is 0 Å². The first kappa shape index (κ1) is 46.9. The Bertz CT molecular complexity index is 2570. The maximum atomic E-state index is 13.7. The van der Waals surface area contributed by atoms with Gasteiger partial charge < -0.3 is 19.1 Å². The van der Waals surface area contributed by atoms with Crippen molar-refractivity contribution in [3.8, 4) is 23.5 Å². The van der Waals surface area contributed by atoms with Gasteiger partial charge in [0.25, 0.3) is 0 Å². The first-order valence-electron chi connectivity index (χ1n) is 24.2. The fourth-order valence-electron chi connectivity index (χ4n) is 9.13. The van der Waals surface area contributed by atoms with Crippen molar-refractivity contribution in [3.05, 3.63) is 165 Å². The van der Waals surface area contributed by atoms with Crippen molar-refractivity contribution < 1.29 is 28.8 Å². The van der Waals surface area contributed by atoms with Gasteiger partial charge in [-0.25, -0.2) is 24.7 Å². The van der Waals surface area contributed by atoms with Crippen LogP contribution >= 0.6 is 0 Å². The zero-order valence-electron chi connectivity index (χ0n) is 39.0. The number of fused-ring (bicyclic) bond motifs is 4. The van der Waals surface area contributed by atoms with Gasteiger partial charge in [0.1, 0.15) is 12.4 Å². The molecule has 2 aliphatic rings. The Balaban J connectivity index is 0.852. The van der Waals surface area contributed by atoms with Gasteiger partial charge in [0, 0.05) is 52.5 Å². The van der Waals surface area contributed by atoms with Crippen molar-refractivity contribution in [2.75, 3.05) is 13.2 Å². The van der Waals surface area contributed by atoms with Crippen molar-refractivity contribution in [3.63, 3.8) is 0 Å². The lowest BCUT2D eigenvalue weighted by Crippen LogP contribution is -2.24. The molecule has 0 aliphatic heterocycles. The van der Waals surface area contributed by atoms with Crippen LogP contribution in [0.15, 0.2) is 110 Å². The van der Waals surface area contributed by atoms with E-state index in [4.69, 9.17) is 24.0 Å². The highest BCUT2D eigenvalue weighted by molar-refractivity contribution is 5.92. The van der Waals surface area contributed by atoms with Gasteiger partial charge in [-0.15, -0.1) is 0 Å². The molecule has 1 unspecified atom stereocenters. The number of hydrogen-bond donors (Lipinski definition) is 0. The van der Waals surface area contributed by atoms with E-state index >= 15 is 0 Å². The van der Waals surface area contributed by atoms with Crippen LogP contribution in [-0.2, 0) is 29.8 Å². The normalized spacial score (nSPS) is 15.0. The van der Waals surface area contributed by atoms with E-state index in [1.807, 2.05) is 72.8 Å². The van der Waals surface area contributed by atoms with Crippen LogP contribution in [-0.4, -0.2) is 39.1 Å². The van der Waals surface area contributed by atoms with Crippen molar-refractivity contribution in [1.29, 1.82) is 0 Å². The molecule has 8 rings (SSSR count). The van der Waals surface area contributed by atoms with Crippen LogP contribution in [0.5, 0.6) is 23.5 Å². The number of unbranched alkanes of at least 4 members (excludes halogenated alkanes) is 8. The number of carbonyl (C=O) groups is 1. The van der Waals surface area contributed by atoms with E-state index < -0.39 is 5.97 Å². The Labute approximate surface area is 395 Å². The van der Waals surface area contributed by atoms with Crippen LogP contribution in [0.25, 0.3) is 24.3 Å². The van der Waals surface area contributed by atoms with Gasteiger partial charge in [-0.2, -0.15) is 4.89 Å². The summed E-state index contributed by atoms with van der Waals surface area (Å²) in [5.74, 6) is 0.888. The Hall–Kier alpha value is -6.65. The molecule has 0 N–H and O–H groups in total. The molecule has 2 aromatic heterocycles. The second-order valence-corrected chi connectivity index (χ2v) is 17.6. The summed E-state index contributed by atoms with van der Waals surface area (Å²) in [6.07, 6.45) is 30.4. The number of esters is 1. The lowest BCUT2D eigenvalue weighted by Gasteiger charge is -2.29. The second kappa shape index (κ2) is 23.7. The summed E-state index contributed by atoms with van der Waals surface area (Å²) in [5.41, 5.74) is 9.44. The Morgan fingerprint density at radius 3 is 1.57 bits per heavy atom. The molecule has 10 nitrogen and oxygen atoms in total. The number of carbonyl (C=O) groups excluding carboxylic acids is 1. The number of ether oxygens (including phenoxy) is 3. The molecule has 0 saturated carbocycles. The summed E-state index contributed by atoms with van der Waals surface area (Å²) in [7, 11) is 0. The lowest BCUT2D eigenvalue weighted by atomic mass is 9.76. The summed E-state index contributed by atoms with van der Waals surface area (Å²) in [5, 5.41) is 0. The molecule has 0 amide bonds. The van der Waals surface area contributed by atoms with Crippen LogP contribution in [0.2, 0.25) is 0 Å². The predicted octanol–water partition coefficient (Wildman–Crippen LogP) is 13.2. The Morgan fingerprint density at radius 2 is 1.03 bits per heavy atom. The van der Waals surface area contributed by atoms with Crippen LogP contribution in [0.3, 0.4) is 0 Å². The largest absolute Gasteiger partial charge is 0.463 e. The molecular formula is C57H62N4O6. The molecule has 2 heterocycles. The van der Waals surface area contributed by atoms with Crippen LogP contribution in [0.4, 0.5) is 0 Å². The molecule has 67 heavy (non-hydrogen) atoms. The third-order valence-electron chi connectivity index (χ3n) is 12.7. The average Bonchev–Trinajstić information content (AvgIpc) is 3.95. The maximum absolute atomic E-state index is 13.7. The van der Waals surface area contributed by atoms with Crippen molar-refractivity contribution in [1.82, 2.24) is 19.9 Å². The lowest BCUT2D eigenvalue weighted by molar-refractivity contribution is -0.218. The zero-order chi connectivity index (χ0) is 46.1. The third kappa shape index (κ3) is 12.4. The fraction of sp³-hybridized carbons (Fsp3) is 0.351.